The van der Waals surface area contributed by atoms with Crippen molar-refractivity contribution in [2.75, 3.05) is 0 Å². The van der Waals surface area contributed by atoms with Gasteiger partial charge in [0.05, 0.1) is 29.6 Å². The Hall–Kier alpha value is 0.828. The van der Waals surface area contributed by atoms with Crippen molar-refractivity contribution in [1.82, 2.24) is 0 Å². The zero-order valence-electron chi connectivity index (χ0n) is 11.6. The summed E-state index contributed by atoms with van der Waals surface area (Å²) in [5, 5.41) is 7.05. The minimum Gasteiger partial charge on any atom is -0.356 e. The van der Waals surface area contributed by atoms with Gasteiger partial charge in [0, 0.05) is 0 Å². The van der Waals surface area contributed by atoms with Crippen molar-refractivity contribution in [2.24, 2.45) is 5.40 Å². The highest BCUT2D eigenvalue weighted by atomic mass is 29.9. The SMILES string of the molecule is C[Si](C)(C)[Si](N)([Si](C)(C)C)[Si](C)(C)C. The molecule has 0 amide bonds. The van der Waals surface area contributed by atoms with Gasteiger partial charge in [0.2, 0.25) is 0 Å². The van der Waals surface area contributed by atoms with E-state index in [2.05, 4.69) is 58.9 Å². The van der Waals surface area contributed by atoms with Crippen molar-refractivity contribution in [3.63, 3.8) is 0 Å². The Morgan fingerprint density at radius 1 is 0.500 bits per heavy atom. The van der Waals surface area contributed by atoms with Crippen LogP contribution in [0.4, 0.5) is 0 Å². The van der Waals surface area contributed by atoms with Crippen LogP contribution in [0.2, 0.25) is 58.9 Å². The van der Waals surface area contributed by atoms with Gasteiger partial charge in [-0.3, -0.25) is 0 Å². The molecular weight excluding hydrogens is 234 g/mol. The number of rotatable bonds is 3. The van der Waals surface area contributed by atoms with Gasteiger partial charge >= 0.3 is 0 Å². The molecule has 0 aliphatic rings. The predicted molar refractivity (Wildman–Crippen MR) is 80.0 cm³/mol. The summed E-state index contributed by atoms with van der Waals surface area (Å²) in [5.74, 6) is 0. The second kappa shape index (κ2) is 3.69. The van der Waals surface area contributed by atoms with Crippen LogP contribution < -0.4 is 5.40 Å². The van der Waals surface area contributed by atoms with Crippen LogP contribution in [0.15, 0.2) is 0 Å². The van der Waals surface area contributed by atoms with E-state index in [-0.39, 0.29) is 0 Å². The lowest BCUT2D eigenvalue weighted by atomic mass is 11.8. The fourth-order valence-corrected chi connectivity index (χ4v) is 91.1. The first-order valence-corrected chi connectivity index (χ1v) is 21.1. The minimum absolute atomic E-state index is 1.14. The third kappa shape index (κ3) is 2.32. The highest BCUT2D eigenvalue weighted by molar-refractivity contribution is 7.88. The second-order valence-electron chi connectivity index (χ2n) is 7.56. The third-order valence-electron chi connectivity index (χ3n) is 3.55. The first-order valence-electron chi connectivity index (χ1n) is 5.54. The zero-order valence-corrected chi connectivity index (χ0v) is 15.6. The molecule has 0 heterocycles. The molecule has 0 aliphatic carbocycles. The molecule has 0 spiro atoms. The van der Waals surface area contributed by atoms with Gasteiger partial charge in [-0.05, 0) is 0 Å². The molecular formula is C9H29NSi4. The van der Waals surface area contributed by atoms with Crippen molar-refractivity contribution < 1.29 is 0 Å². The molecule has 0 unspecified atom stereocenters. The summed E-state index contributed by atoms with van der Waals surface area (Å²) in [6.45, 7) is 21.1. The Labute approximate surface area is 94.0 Å². The average molecular weight is 264 g/mol. The molecule has 0 saturated heterocycles. The monoisotopic (exact) mass is 263 g/mol. The smallest absolute Gasteiger partial charge is 0.0947 e. The molecule has 0 saturated carbocycles. The zero-order chi connectivity index (χ0) is 12.0. The minimum atomic E-state index is -1.44. The summed E-state index contributed by atoms with van der Waals surface area (Å²) in [6.07, 6.45) is 0. The molecule has 0 radical (unpaired) electrons. The maximum absolute atomic E-state index is 7.05. The molecule has 86 valence electrons. The second-order valence-corrected chi connectivity index (χ2v) is 47.8. The summed E-state index contributed by atoms with van der Waals surface area (Å²) < 4.78 is 0. The van der Waals surface area contributed by atoms with Gasteiger partial charge in [-0.15, -0.1) is 0 Å². The summed E-state index contributed by atoms with van der Waals surface area (Å²) in [5.41, 5.74) is 0. The van der Waals surface area contributed by atoms with Crippen LogP contribution in [-0.2, 0) is 0 Å². The maximum atomic E-state index is 7.05. The number of hydrogen-bond donors (Lipinski definition) is 1. The van der Waals surface area contributed by atoms with E-state index >= 15 is 0 Å². The molecule has 1 nitrogen and oxygen atoms in total. The summed E-state index contributed by atoms with van der Waals surface area (Å²) in [6, 6.07) is 0. The number of nitrogens with two attached hydrogens (primary N) is 1. The van der Waals surface area contributed by atoms with E-state index in [0.29, 0.717) is 0 Å². The molecule has 0 aromatic carbocycles. The van der Waals surface area contributed by atoms with Crippen molar-refractivity contribution in [3.05, 3.63) is 0 Å². The first kappa shape index (κ1) is 14.8. The molecule has 0 aromatic heterocycles. The molecule has 0 fully saturated rings. The molecule has 5 heteroatoms. The first-order chi connectivity index (χ1) is 5.75. The van der Waals surface area contributed by atoms with Crippen LogP contribution in [0.1, 0.15) is 0 Å². The molecule has 0 atom stereocenters. The Balaban J connectivity index is 5.54. The maximum Gasteiger partial charge on any atom is 0.0947 e. The van der Waals surface area contributed by atoms with Gasteiger partial charge in [0.25, 0.3) is 0 Å². The van der Waals surface area contributed by atoms with Crippen LogP contribution in [0.3, 0.4) is 0 Å². The third-order valence-corrected chi connectivity index (χ3v) is 72.4. The molecule has 2 N–H and O–H groups in total. The fraction of sp³-hybridized carbons (Fsp3) is 1.00. The van der Waals surface area contributed by atoms with E-state index < -0.39 is 29.6 Å². The molecule has 0 rings (SSSR count). The van der Waals surface area contributed by atoms with Crippen LogP contribution in [0.25, 0.3) is 0 Å². The van der Waals surface area contributed by atoms with E-state index in [9.17, 15) is 0 Å². The highest BCUT2D eigenvalue weighted by Crippen LogP contribution is 2.32. The normalized spacial score (nSPS) is 15.9. The topological polar surface area (TPSA) is 26.0 Å². The summed E-state index contributed by atoms with van der Waals surface area (Å²) in [7, 11) is -3.42. The van der Waals surface area contributed by atoms with E-state index in [1.807, 2.05) is 0 Å². The Morgan fingerprint density at radius 3 is 0.643 bits per heavy atom. The summed E-state index contributed by atoms with van der Waals surface area (Å²) >= 11 is 0. The lowest BCUT2D eigenvalue weighted by molar-refractivity contribution is 1.65. The fourth-order valence-electron chi connectivity index (χ4n) is 3.38. The van der Waals surface area contributed by atoms with Gasteiger partial charge in [-0.2, -0.15) is 0 Å². The standard InChI is InChI=1S/C9H29NSi4/c1-11(2,3)14(10,12(4,5)6)13(7,8)9/h10H2,1-9H3. The lowest BCUT2D eigenvalue weighted by Crippen LogP contribution is -2.88. The quantitative estimate of drug-likeness (QED) is 0.778. The van der Waals surface area contributed by atoms with Crippen LogP contribution in [-0.4, -0.2) is 29.6 Å². The van der Waals surface area contributed by atoms with Crippen LogP contribution in [0, 0.1) is 0 Å². The van der Waals surface area contributed by atoms with E-state index in [0.717, 1.165) is 0 Å². The molecule has 14 heavy (non-hydrogen) atoms. The van der Waals surface area contributed by atoms with Gasteiger partial charge in [-0.1, -0.05) is 58.9 Å². The average Bonchev–Trinajstić information content (AvgIpc) is 1.77. The van der Waals surface area contributed by atoms with E-state index in [1.54, 1.807) is 0 Å². The highest BCUT2D eigenvalue weighted by Gasteiger charge is 2.59. The lowest BCUT2D eigenvalue weighted by Gasteiger charge is -2.54. The summed E-state index contributed by atoms with van der Waals surface area (Å²) in [4.78, 5) is 0. The molecule has 0 aliphatic heterocycles. The number of hydrogen-bond acceptors (Lipinski definition) is 1. The van der Waals surface area contributed by atoms with Crippen LogP contribution >= 0.6 is 0 Å². The van der Waals surface area contributed by atoms with Gasteiger partial charge in [0.15, 0.2) is 0 Å². The van der Waals surface area contributed by atoms with Gasteiger partial charge < -0.3 is 5.40 Å². The van der Waals surface area contributed by atoms with Crippen LogP contribution in [0.5, 0.6) is 0 Å². The largest absolute Gasteiger partial charge is 0.356 e. The van der Waals surface area contributed by atoms with Gasteiger partial charge in [-0.25, -0.2) is 0 Å². The molecule has 0 aromatic rings. The van der Waals surface area contributed by atoms with Crippen molar-refractivity contribution >= 4 is 29.6 Å². The molecule has 0 bridgehead atoms. The van der Waals surface area contributed by atoms with Gasteiger partial charge in [0.1, 0.15) is 0 Å². The van der Waals surface area contributed by atoms with Crippen molar-refractivity contribution in [2.45, 2.75) is 58.9 Å². The Morgan fingerprint density at radius 2 is 0.643 bits per heavy atom. The van der Waals surface area contributed by atoms with E-state index in [4.69, 9.17) is 5.40 Å². The predicted octanol–water partition coefficient (Wildman–Crippen LogP) is 3.14. The Bertz CT molecular complexity index is 170. The van der Waals surface area contributed by atoms with E-state index in [1.165, 1.54) is 0 Å². The van der Waals surface area contributed by atoms with Crippen molar-refractivity contribution in [1.29, 1.82) is 0 Å². The van der Waals surface area contributed by atoms with Crippen molar-refractivity contribution in [3.8, 4) is 0 Å². The Kier molecular flexibility index (Phi) is 3.91.